The maximum absolute atomic E-state index is 12.2. The predicted octanol–water partition coefficient (Wildman–Crippen LogP) is 4.21. The normalized spacial score (nSPS) is 52.0. The topological polar surface area (TPSA) is 54.4 Å². The largest absolute Gasteiger partial charge is 0.392 e. The molecular formula is C21H29BrO3. The number of carbonyl (C=O) groups excluding carboxylic acids is 2. The van der Waals surface area contributed by atoms with Crippen molar-refractivity contribution in [2.24, 2.45) is 28.6 Å². The maximum atomic E-state index is 12.2. The number of hydrogen-bond acceptors (Lipinski definition) is 3. The standard InChI is InChI=1S/C21H29BrO3/c1-12(23)15-6-7-16-17-5-4-13-10-14(24)8-9-20(13,3)21(17,22)18(25)11-19(15,16)2/h10,15-18,25H,4-9,11H2,1-3H3/t15-,16+,17+,18+,19-,20+,21+/m1/s1. The summed E-state index contributed by atoms with van der Waals surface area (Å²) in [6, 6.07) is 0. The van der Waals surface area contributed by atoms with Gasteiger partial charge in [-0.1, -0.05) is 35.4 Å². The lowest BCUT2D eigenvalue weighted by Crippen LogP contribution is -2.66. The second kappa shape index (κ2) is 5.51. The summed E-state index contributed by atoms with van der Waals surface area (Å²) < 4.78 is -0.374. The van der Waals surface area contributed by atoms with Crippen LogP contribution >= 0.6 is 15.9 Å². The predicted molar refractivity (Wildman–Crippen MR) is 100 cm³/mol. The highest BCUT2D eigenvalue weighted by Crippen LogP contribution is 2.70. The Balaban J connectivity index is 1.79. The van der Waals surface area contributed by atoms with E-state index < -0.39 is 6.10 Å². The summed E-state index contributed by atoms with van der Waals surface area (Å²) in [5, 5.41) is 11.4. The van der Waals surface area contributed by atoms with E-state index in [1.807, 2.05) is 6.08 Å². The molecule has 3 saturated carbocycles. The molecule has 4 heteroatoms. The number of hydrogen-bond donors (Lipinski definition) is 1. The van der Waals surface area contributed by atoms with Gasteiger partial charge in [0.2, 0.25) is 0 Å². The lowest BCUT2D eigenvalue weighted by Gasteiger charge is -2.64. The van der Waals surface area contributed by atoms with Crippen molar-refractivity contribution in [1.29, 1.82) is 0 Å². The summed E-state index contributed by atoms with van der Waals surface area (Å²) in [6.07, 6.45) is 7.44. The second-order valence-electron chi connectivity index (χ2n) is 9.45. The van der Waals surface area contributed by atoms with Crippen molar-refractivity contribution in [2.75, 3.05) is 0 Å². The van der Waals surface area contributed by atoms with Crippen LogP contribution in [0.1, 0.15) is 65.7 Å². The quantitative estimate of drug-likeness (QED) is 0.660. The number of fused-ring (bicyclic) bond motifs is 5. The van der Waals surface area contributed by atoms with Crippen molar-refractivity contribution in [3.63, 3.8) is 0 Å². The van der Waals surface area contributed by atoms with Crippen LogP contribution in [0.4, 0.5) is 0 Å². The second-order valence-corrected chi connectivity index (χ2v) is 10.8. The molecule has 3 fully saturated rings. The van der Waals surface area contributed by atoms with Crippen molar-refractivity contribution in [3.8, 4) is 0 Å². The molecule has 0 saturated heterocycles. The van der Waals surface area contributed by atoms with Gasteiger partial charge in [0.05, 0.1) is 10.4 Å². The average molecular weight is 409 g/mol. The van der Waals surface area contributed by atoms with Gasteiger partial charge in [0.25, 0.3) is 0 Å². The van der Waals surface area contributed by atoms with E-state index in [4.69, 9.17) is 0 Å². The third-order valence-electron chi connectivity index (χ3n) is 8.53. The summed E-state index contributed by atoms with van der Waals surface area (Å²) >= 11 is 4.09. The van der Waals surface area contributed by atoms with E-state index in [0.717, 1.165) is 32.1 Å². The molecular weight excluding hydrogens is 380 g/mol. The minimum Gasteiger partial charge on any atom is -0.392 e. The van der Waals surface area contributed by atoms with E-state index in [1.165, 1.54) is 5.57 Å². The zero-order chi connectivity index (χ0) is 18.2. The Morgan fingerprint density at radius 3 is 2.60 bits per heavy atom. The van der Waals surface area contributed by atoms with E-state index in [9.17, 15) is 14.7 Å². The molecule has 0 unspecified atom stereocenters. The number of alkyl halides is 1. The third kappa shape index (κ3) is 2.13. The van der Waals surface area contributed by atoms with Crippen LogP contribution in [-0.4, -0.2) is 27.1 Å². The first-order valence-electron chi connectivity index (χ1n) is 9.76. The Hall–Kier alpha value is -0.480. The first-order valence-corrected chi connectivity index (χ1v) is 10.5. The molecule has 4 rings (SSSR count). The number of rotatable bonds is 1. The number of ketones is 2. The van der Waals surface area contributed by atoms with Gasteiger partial charge in [-0.2, -0.15) is 0 Å². The number of aliphatic hydroxyl groups excluding tert-OH is 1. The Morgan fingerprint density at radius 2 is 1.92 bits per heavy atom. The van der Waals surface area contributed by atoms with E-state index >= 15 is 0 Å². The van der Waals surface area contributed by atoms with Gasteiger partial charge >= 0.3 is 0 Å². The van der Waals surface area contributed by atoms with E-state index in [-0.39, 0.29) is 32.6 Å². The number of aliphatic hydroxyl groups is 1. The zero-order valence-corrected chi connectivity index (χ0v) is 17.1. The fourth-order valence-corrected chi connectivity index (χ4v) is 8.40. The fourth-order valence-electron chi connectivity index (χ4n) is 7.24. The number of halogens is 1. The molecule has 0 aliphatic heterocycles. The van der Waals surface area contributed by atoms with E-state index in [0.29, 0.717) is 24.7 Å². The zero-order valence-electron chi connectivity index (χ0n) is 15.5. The molecule has 0 aromatic heterocycles. The van der Waals surface area contributed by atoms with Crippen LogP contribution in [0.15, 0.2) is 11.6 Å². The van der Waals surface area contributed by atoms with Crippen LogP contribution < -0.4 is 0 Å². The molecule has 0 amide bonds. The van der Waals surface area contributed by atoms with Gasteiger partial charge < -0.3 is 5.11 Å². The number of carbonyl (C=O) groups is 2. The van der Waals surface area contributed by atoms with E-state index in [2.05, 4.69) is 29.8 Å². The molecule has 4 aliphatic carbocycles. The lowest BCUT2D eigenvalue weighted by molar-refractivity contribution is -0.135. The summed E-state index contributed by atoms with van der Waals surface area (Å²) in [7, 11) is 0. The highest BCUT2D eigenvalue weighted by molar-refractivity contribution is 9.10. The van der Waals surface area contributed by atoms with Gasteiger partial charge in [0, 0.05) is 17.8 Å². The van der Waals surface area contributed by atoms with Crippen molar-refractivity contribution >= 4 is 27.5 Å². The number of Topliss-reactive ketones (excluding diaryl/α,β-unsaturated/α-hetero) is 1. The van der Waals surface area contributed by atoms with E-state index in [1.54, 1.807) is 6.92 Å². The molecule has 0 bridgehead atoms. The molecule has 25 heavy (non-hydrogen) atoms. The lowest BCUT2D eigenvalue weighted by atomic mass is 9.45. The third-order valence-corrected chi connectivity index (χ3v) is 10.5. The highest BCUT2D eigenvalue weighted by atomic mass is 79.9. The Morgan fingerprint density at radius 1 is 1.20 bits per heavy atom. The number of allylic oxidation sites excluding steroid dienone is 1. The van der Waals surface area contributed by atoms with Crippen LogP contribution in [-0.2, 0) is 9.59 Å². The smallest absolute Gasteiger partial charge is 0.155 e. The molecule has 4 aliphatic rings. The molecule has 0 aromatic rings. The molecule has 1 N–H and O–H groups in total. The first-order chi connectivity index (χ1) is 11.6. The van der Waals surface area contributed by atoms with Crippen LogP contribution in [0, 0.1) is 28.6 Å². The molecule has 0 spiro atoms. The molecule has 3 nitrogen and oxygen atoms in total. The van der Waals surface area contributed by atoms with Gasteiger partial charge in [-0.15, -0.1) is 0 Å². The van der Waals surface area contributed by atoms with Crippen molar-refractivity contribution in [3.05, 3.63) is 11.6 Å². The van der Waals surface area contributed by atoms with Gasteiger partial charge in [0.15, 0.2) is 5.78 Å². The van der Waals surface area contributed by atoms with Crippen LogP contribution in [0.3, 0.4) is 0 Å². The minimum absolute atomic E-state index is 0.0851. The monoisotopic (exact) mass is 408 g/mol. The van der Waals surface area contributed by atoms with Gasteiger partial charge in [0.1, 0.15) is 5.78 Å². The van der Waals surface area contributed by atoms with Crippen LogP contribution in [0.5, 0.6) is 0 Å². The fraction of sp³-hybridized carbons (Fsp3) is 0.810. The van der Waals surface area contributed by atoms with Gasteiger partial charge in [-0.25, -0.2) is 0 Å². The van der Waals surface area contributed by atoms with Gasteiger partial charge in [-0.3, -0.25) is 9.59 Å². The first kappa shape index (κ1) is 17.9. The summed E-state index contributed by atoms with van der Waals surface area (Å²) in [6.45, 7) is 6.20. The summed E-state index contributed by atoms with van der Waals surface area (Å²) in [5.74, 6) is 1.43. The van der Waals surface area contributed by atoms with Crippen LogP contribution in [0.2, 0.25) is 0 Å². The minimum atomic E-state index is -0.486. The summed E-state index contributed by atoms with van der Waals surface area (Å²) in [5.41, 5.74) is 0.967. The Labute approximate surface area is 158 Å². The van der Waals surface area contributed by atoms with Crippen molar-refractivity contribution in [2.45, 2.75) is 76.1 Å². The van der Waals surface area contributed by atoms with Crippen molar-refractivity contribution < 1.29 is 14.7 Å². The summed E-state index contributed by atoms with van der Waals surface area (Å²) in [4.78, 5) is 24.2. The average Bonchev–Trinajstić information content (AvgIpc) is 2.87. The Bertz CT molecular complexity index is 670. The highest BCUT2D eigenvalue weighted by Gasteiger charge is 2.69. The molecule has 0 radical (unpaired) electrons. The van der Waals surface area contributed by atoms with Gasteiger partial charge in [-0.05, 0) is 68.8 Å². The maximum Gasteiger partial charge on any atom is 0.155 e. The molecule has 7 atom stereocenters. The SMILES string of the molecule is CC(=O)[C@H]1CC[C@H]2[C@@H]3CCC4=CC(=O)CC[C@]4(C)[C@@]3(Br)[C@@H](O)C[C@]12C. The molecule has 0 heterocycles. The van der Waals surface area contributed by atoms with Crippen molar-refractivity contribution in [1.82, 2.24) is 0 Å². The van der Waals surface area contributed by atoms with Crippen LogP contribution in [0.25, 0.3) is 0 Å². The molecule has 138 valence electrons. The Kier molecular flexibility index (Phi) is 3.95. The molecule has 0 aromatic carbocycles.